The van der Waals surface area contributed by atoms with Crippen LogP contribution in [-0.4, -0.2) is 36.5 Å². The van der Waals surface area contributed by atoms with Gasteiger partial charge in [0.25, 0.3) is 5.91 Å². The van der Waals surface area contributed by atoms with E-state index in [1.807, 2.05) is 12.1 Å². The third-order valence-corrected chi connectivity index (χ3v) is 6.10. The fourth-order valence-electron chi connectivity index (χ4n) is 4.46. The number of nitrogens with zero attached hydrogens (tertiary/aromatic N) is 1. The Labute approximate surface area is 159 Å². The van der Waals surface area contributed by atoms with Crippen LogP contribution in [0.4, 0.5) is 0 Å². The molecule has 2 aromatic rings. The molecule has 26 heavy (non-hydrogen) atoms. The van der Waals surface area contributed by atoms with Gasteiger partial charge in [0.2, 0.25) is 0 Å². The Morgan fingerprint density at radius 3 is 2.77 bits per heavy atom. The number of hydrogen-bond acceptors (Lipinski definition) is 3. The van der Waals surface area contributed by atoms with Crippen LogP contribution in [0.5, 0.6) is 0 Å². The molecule has 2 heterocycles. The van der Waals surface area contributed by atoms with Crippen molar-refractivity contribution in [1.29, 1.82) is 0 Å². The lowest BCUT2D eigenvalue weighted by atomic mass is 9.83. The van der Waals surface area contributed by atoms with E-state index in [-0.39, 0.29) is 11.9 Å². The van der Waals surface area contributed by atoms with Crippen LogP contribution in [0.15, 0.2) is 28.7 Å². The standard InChI is InChI=1S/C21H27ClN2O2/c22-17-8-9-19-16(12-17)13-20(26-19)21(25)23-18-7-3-2-6-15(18)14-24-10-4-1-5-11-24/h8-9,12-13,15,18H,1-7,10-11,14H2,(H,23,25)/t15-,18?/m0/s1. The second kappa shape index (κ2) is 8.01. The summed E-state index contributed by atoms with van der Waals surface area (Å²) in [5, 5.41) is 4.78. The van der Waals surface area contributed by atoms with Gasteiger partial charge in [0, 0.05) is 23.0 Å². The normalized spacial score (nSPS) is 24.7. The first kappa shape index (κ1) is 17.9. The fourth-order valence-corrected chi connectivity index (χ4v) is 4.64. The number of amides is 1. The zero-order valence-corrected chi connectivity index (χ0v) is 15.9. The highest BCUT2D eigenvalue weighted by Crippen LogP contribution is 2.28. The van der Waals surface area contributed by atoms with E-state index in [9.17, 15) is 4.79 Å². The first-order chi connectivity index (χ1) is 12.7. The van der Waals surface area contributed by atoms with E-state index in [4.69, 9.17) is 16.0 Å². The average Bonchev–Trinajstić information content (AvgIpc) is 3.07. The fraction of sp³-hybridized carbons (Fsp3) is 0.571. The maximum atomic E-state index is 12.8. The number of furan rings is 1. The molecule has 1 aliphatic heterocycles. The molecule has 0 spiro atoms. The second-order valence-corrected chi connectivity index (χ2v) is 8.21. The van der Waals surface area contributed by atoms with Crippen molar-refractivity contribution in [3.05, 3.63) is 35.0 Å². The summed E-state index contributed by atoms with van der Waals surface area (Å²) in [5.41, 5.74) is 0.702. The largest absolute Gasteiger partial charge is 0.451 e. The van der Waals surface area contributed by atoms with Crippen molar-refractivity contribution in [3.8, 4) is 0 Å². The minimum atomic E-state index is -0.104. The van der Waals surface area contributed by atoms with Crippen molar-refractivity contribution in [2.24, 2.45) is 5.92 Å². The van der Waals surface area contributed by atoms with E-state index in [0.29, 0.717) is 22.3 Å². The summed E-state index contributed by atoms with van der Waals surface area (Å²) >= 11 is 6.03. The monoisotopic (exact) mass is 374 g/mol. The molecule has 1 saturated heterocycles. The summed E-state index contributed by atoms with van der Waals surface area (Å²) in [6.07, 6.45) is 8.71. The highest BCUT2D eigenvalue weighted by Gasteiger charge is 2.29. The molecule has 140 valence electrons. The van der Waals surface area contributed by atoms with Crippen LogP contribution in [0, 0.1) is 5.92 Å². The highest BCUT2D eigenvalue weighted by atomic mass is 35.5. The zero-order chi connectivity index (χ0) is 17.9. The van der Waals surface area contributed by atoms with Crippen LogP contribution < -0.4 is 5.32 Å². The molecule has 4 rings (SSSR count). The van der Waals surface area contributed by atoms with Gasteiger partial charge in [-0.15, -0.1) is 0 Å². The molecule has 1 saturated carbocycles. The molecular weight excluding hydrogens is 348 g/mol. The first-order valence-corrected chi connectivity index (χ1v) is 10.3. The van der Waals surface area contributed by atoms with Gasteiger partial charge in [-0.3, -0.25) is 4.79 Å². The van der Waals surface area contributed by atoms with Gasteiger partial charge in [0.15, 0.2) is 5.76 Å². The summed E-state index contributed by atoms with van der Waals surface area (Å²) in [4.78, 5) is 15.3. The number of likely N-dealkylation sites (tertiary alicyclic amines) is 1. The minimum Gasteiger partial charge on any atom is -0.451 e. The van der Waals surface area contributed by atoms with Gasteiger partial charge in [0.05, 0.1) is 0 Å². The van der Waals surface area contributed by atoms with E-state index >= 15 is 0 Å². The lowest BCUT2D eigenvalue weighted by molar-refractivity contribution is 0.0852. The van der Waals surface area contributed by atoms with Crippen molar-refractivity contribution < 1.29 is 9.21 Å². The molecule has 4 nitrogen and oxygen atoms in total. The number of halogens is 1. The maximum Gasteiger partial charge on any atom is 0.287 e. The first-order valence-electron chi connectivity index (χ1n) is 9.91. The maximum absolute atomic E-state index is 12.8. The molecule has 0 radical (unpaired) electrons. The predicted octanol–water partition coefficient (Wildman–Crippen LogP) is 4.86. The van der Waals surface area contributed by atoms with E-state index in [1.165, 1.54) is 51.6 Å². The molecule has 2 fully saturated rings. The molecule has 1 aromatic heterocycles. The Kier molecular flexibility index (Phi) is 5.51. The van der Waals surface area contributed by atoms with Gasteiger partial charge in [-0.1, -0.05) is 30.9 Å². The SMILES string of the molecule is O=C(NC1CCCC[C@H]1CN1CCCCC1)c1cc2cc(Cl)ccc2o1. The molecule has 5 heteroatoms. The van der Waals surface area contributed by atoms with Gasteiger partial charge in [-0.05, 0) is 69.0 Å². The highest BCUT2D eigenvalue weighted by molar-refractivity contribution is 6.31. The molecule has 0 bridgehead atoms. The molecule has 1 N–H and O–H groups in total. The number of nitrogens with one attached hydrogen (secondary N) is 1. The van der Waals surface area contributed by atoms with Crippen LogP contribution >= 0.6 is 11.6 Å². The Morgan fingerprint density at radius 2 is 1.92 bits per heavy atom. The average molecular weight is 375 g/mol. The van der Waals surface area contributed by atoms with Crippen molar-refractivity contribution >= 4 is 28.5 Å². The van der Waals surface area contributed by atoms with Crippen LogP contribution in [0.1, 0.15) is 55.5 Å². The predicted molar refractivity (Wildman–Crippen MR) is 105 cm³/mol. The van der Waals surface area contributed by atoms with Crippen LogP contribution in [-0.2, 0) is 0 Å². The van der Waals surface area contributed by atoms with E-state index < -0.39 is 0 Å². The Balaban J connectivity index is 1.43. The quantitative estimate of drug-likeness (QED) is 0.831. The van der Waals surface area contributed by atoms with Crippen molar-refractivity contribution in [3.63, 3.8) is 0 Å². The summed E-state index contributed by atoms with van der Waals surface area (Å²) < 4.78 is 5.73. The molecule has 1 unspecified atom stereocenters. The van der Waals surface area contributed by atoms with E-state index in [1.54, 1.807) is 12.1 Å². The van der Waals surface area contributed by atoms with E-state index in [0.717, 1.165) is 18.4 Å². The summed E-state index contributed by atoms with van der Waals surface area (Å²) in [6, 6.07) is 7.46. The number of benzene rings is 1. The van der Waals surface area contributed by atoms with Crippen molar-refractivity contribution in [2.45, 2.75) is 51.0 Å². The lowest BCUT2D eigenvalue weighted by Crippen LogP contribution is -2.47. The van der Waals surface area contributed by atoms with Gasteiger partial charge < -0.3 is 14.6 Å². The minimum absolute atomic E-state index is 0.104. The zero-order valence-electron chi connectivity index (χ0n) is 15.2. The third-order valence-electron chi connectivity index (χ3n) is 5.87. The second-order valence-electron chi connectivity index (χ2n) is 7.78. The Bertz CT molecular complexity index is 766. The van der Waals surface area contributed by atoms with E-state index in [2.05, 4.69) is 10.2 Å². The summed E-state index contributed by atoms with van der Waals surface area (Å²) in [5.74, 6) is 0.821. The van der Waals surface area contributed by atoms with Gasteiger partial charge in [-0.2, -0.15) is 0 Å². The molecule has 1 amide bonds. The Hall–Kier alpha value is -1.52. The number of carbonyl (C=O) groups excluding carboxylic acids is 1. The third kappa shape index (κ3) is 4.07. The van der Waals surface area contributed by atoms with Gasteiger partial charge >= 0.3 is 0 Å². The molecule has 1 aromatic carbocycles. The summed E-state index contributed by atoms with van der Waals surface area (Å²) in [7, 11) is 0. The number of rotatable bonds is 4. The molecular formula is C21H27ClN2O2. The molecule has 2 atom stereocenters. The van der Waals surface area contributed by atoms with Gasteiger partial charge in [-0.25, -0.2) is 0 Å². The number of fused-ring (bicyclic) bond motifs is 1. The van der Waals surface area contributed by atoms with Crippen molar-refractivity contribution in [1.82, 2.24) is 10.2 Å². The number of carbonyl (C=O) groups is 1. The lowest BCUT2D eigenvalue weighted by Gasteiger charge is -2.37. The Morgan fingerprint density at radius 1 is 1.12 bits per heavy atom. The number of hydrogen-bond donors (Lipinski definition) is 1. The van der Waals surface area contributed by atoms with Crippen LogP contribution in [0.25, 0.3) is 11.0 Å². The van der Waals surface area contributed by atoms with Crippen LogP contribution in [0.3, 0.4) is 0 Å². The molecule has 2 aliphatic rings. The smallest absolute Gasteiger partial charge is 0.287 e. The topological polar surface area (TPSA) is 45.5 Å². The van der Waals surface area contributed by atoms with Crippen molar-refractivity contribution in [2.75, 3.05) is 19.6 Å². The molecule has 1 aliphatic carbocycles. The van der Waals surface area contributed by atoms with Gasteiger partial charge in [0.1, 0.15) is 5.58 Å². The van der Waals surface area contributed by atoms with Crippen LogP contribution in [0.2, 0.25) is 5.02 Å². The number of piperidine rings is 1. The summed E-state index contributed by atoms with van der Waals surface area (Å²) in [6.45, 7) is 3.53.